The molecule has 0 aromatic heterocycles. The monoisotopic (exact) mass is 290 g/mol. The molecule has 2 nitrogen and oxygen atoms in total. The molecule has 0 aliphatic heterocycles. The van der Waals surface area contributed by atoms with E-state index in [4.69, 9.17) is 21.4 Å². The van der Waals surface area contributed by atoms with Gasteiger partial charge in [0.1, 0.15) is 12.4 Å². The van der Waals surface area contributed by atoms with Crippen LogP contribution in [0.2, 0.25) is 0 Å². The molecule has 0 heterocycles. The lowest BCUT2D eigenvalue weighted by Gasteiger charge is -2.08. The Kier molecular flexibility index (Phi) is 5.15. The van der Waals surface area contributed by atoms with E-state index in [1.165, 1.54) is 5.54 Å². The van der Waals surface area contributed by atoms with Crippen molar-refractivity contribution in [2.45, 2.75) is 13.5 Å². The highest BCUT2D eigenvalue weighted by Crippen LogP contribution is 2.22. The summed E-state index contributed by atoms with van der Waals surface area (Å²) in [5, 5.41) is 9.05. The molecule has 1 N–H and O–H groups in total. The molecule has 0 bridgehead atoms. The van der Waals surface area contributed by atoms with Crippen molar-refractivity contribution in [3.8, 4) is 5.75 Å². The van der Waals surface area contributed by atoms with Gasteiger partial charge in [-0.05, 0) is 36.3 Å². The first-order chi connectivity index (χ1) is 7.17. The van der Waals surface area contributed by atoms with Crippen molar-refractivity contribution >= 4 is 27.5 Å². The molecule has 0 fully saturated rings. The van der Waals surface area contributed by atoms with Gasteiger partial charge in [-0.25, -0.2) is 0 Å². The molecule has 0 unspecified atom stereocenters. The summed E-state index contributed by atoms with van der Waals surface area (Å²) >= 11 is 8.85. The summed E-state index contributed by atoms with van der Waals surface area (Å²) in [7, 11) is 0. The fourth-order valence-electron chi connectivity index (χ4n) is 0.991. The predicted molar refractivity (Wildman–Crippen MR) is 65.2 cm³/mol. The van der Waals surface area contributed by atoms with Crippen LogP contribution >= 0.6 is 27.5 Å². The van der Waals surface area contributed by atoms with E-state index in [2.05, 4.69) is 15.9 Å². The molecule has 15 heavy (non-hydrogen) atoms. The van der Waals surface area contributed by atoms with Crippen LogP contribution in [0.3, 0.4) is 0 Å². The quantitative estimate of drug-likeness (QED) is 0.920. The minimum absolute atomic E-state index is 0.0118. The first kappa shape index (κ1) is 12.6. The van der Waals surface area contributed by atoms with Crippen molar-refractivity contribution in [3.05, 3.63) is 39.3 Å². The third-order valence-electron chi connectivity index (χ3n) is 1.84. The van der Waals surface area contributed by atoms with Crippen LogP contribution in [0.15, 0.2) is 33.8 Å². The summed E-state index contributed by atoms with van der Waals surface area (Å²) in [4.78, 5) is 0. The van der Waals surface area contributed by atoms with E-state index < -0.39 is 0 Å². The molecule has 0 atom stereocenters. The maximum absolute atomic E-state index is 9.05. The molecule has 0 saturated carbocycles. The Morgan fingerprint density at radius 3 is 2.93 bits per heavy atom. The van der Waals surface area contributed by atoms with Crippen molar-refractivity contribution in [3.63, 3.8) is 0 Å². The summed E-state index contributed by atoms with van der Waals surface area (Å²) < 4.78 is 6.35. The van der Waals surface area contributed by atoms with Crippen molar-refractivity contribution in [1.82, 2.24) is 0 Å². The van der Waals surface area contributed by atoms with E-state index in [1.54, 1.807) is 6.07 Å². The fraction of sp³-hybridized carbons (Fsp3) is 0.273. The molecule has 0 radical (unpaired) electrons. The highest BCUT2D eigenvalue weighted by molar-refractivity contribution is 9.10. The van der Waals surface area contributed by atoms with Crippen molar-refractivity contribution in [2.75, 3.05) is 6.61 Å². The molecule has 0 amide bonds. The Bertz CT molecular complexity index is 364. The van der Waals surface area contributed by atoms with Gasteiger partial charge in [-0.15, -0.1) is 0 Å². The number of aliphatic hydroxyl groups is 1. The topological polar surface area (TPSA) is 29.5 Å². The van der Waals surface area contributed by atoms with Gasteiger partial charge in [0, 0.05) is 10.0 Å². The second kappa shape index (κ2) is 6.16. The SMILES string of the molecule is C/C(=C/Cl)COc1ccc(Br)c(CO)c1. The third-order valence-corrected chi connectivity index (χ3v) is 2.99. The molecule has 4 heteroatoms. The van der Waals surface area contributed by atoms with E-state index in [-0.39, 0.29) is 6.61 Å². The lowest BCUT2D eigenvalue weighted by molar-refractivity contribution is 0.279. The normalized spacial score (nSPS) is 11.6. The summed E-state index contributed by atoms with van der Waals surface area (Å²) in [5.41, 5.74) is 3.25. The third kappa shape index (κ3) is 3.86. The first-order valence-corrected chi connectivity index (χ1v) is 5.68. The number of hydrogen-bond acceptors (Lipinski definition) is 2. The molecule has 82 valence electrons. The van der Waals surface area contributed by atoms with Crippen LogP contribution in [-0.4, -0.2) is 11.7 Å². The Morgan fingerprint density at radius 2 is 2.33 bits per heavy atom. The van der Waals surface area contributed by atoms with Crippen LogP contribution in [0, 0.1) is 0 Å². The van der Waals surface area contributed by atoms with Gasteiger partial charge in [-0.3, -0.25) is 0 Å². The van der Waals surface area contributed by atoms with Crippen LogP contribution in [-0.2, 0) is 6.61 Å². The molecule has 0 aliphatic rings. The Balaban J connectivity index is 2.70. The second-order valence-electron chi connectivity index (χ2n) is 3.16. The summed E-state index contributed by atoms with van der Waals surface area (Å²) in [5.74, 6) is 0.722. The maximum Gasteiger partial charge on any atom is 0.120 e. The number of ether oxygens (including phenoxy) is 1. The zero-order valence-electron chi connectivity index (χ0n) is 8.34. The van der Waals surface area contributed by atoms with Crippen LogP contribution in [0.4, 0.5) is 0 Å². The van der Waals surface area contributed by atoms with Gasteiger partial charge in [-0.1, -0.05) is 27.5 Å². The lowest BCUT2D eigenvalue weighted by Crippen LogP contribution is -1.99. The molecule has 0 spiro atoms. The van der Waals surface area contributed by atoms with E-state index >= 15 is 0 Å². The van der Waals surface area contributed by atoms with Gasteiger partial charge in [0.15, 0.2) is 0 Å². The highest BCUT2D eigenvalue weighted by atomic mass is 79.9. The standard InChI is InChI=1S/C11H12BrClO2/c1-8(5-13)7-15-10-2-3-11(12)9(4-10)6-14/h2-5,14H,6-7H2,1H3/b8-5-. The first-order valence-electron chi connectivity index (χ1n) is 4.45. The summed E-state index contributed by atoms with van der Waals surface area (Å²) in [6.45, 7) is 2.33. The zero-order chi connectivity index (χ0) is 11.3. The summed E-state index contributed by atoms with van der Waals surface area (Å²) in [6.07, 6.45) is 0. The fourth-order valence-corrected chi connectivity index (χ4v) is 1.43. The van der Waals surface area contributed by atoms with Gasteiger partial charge in [0.2, 0.25) is 0 Å². The van der Waals surface area contributed by atoms with Crippen molar-refractivity contribution in [2.24, 2.45) is 0 Å². The minimum atomic E-state index is -0.0118. The number of aliphatic hydroxyl groups excluding tert-OH is 1. The average Bonchev–Trinajstić information content (AvgIpc) is 2.27. The molecule has 0 aliphatic carbocycles. The van der Waals surface area contributed by atoms with E-state index in [1.807, 2.05) is 19.1 Å². The van der Waals surface area contributed by atoms with E-state index in [0.717, 1.165) is 21.4 Å². The van der Waals surface area contributed by atoms with Gasteiger partial charge in [-0.2, -0.15) is 0 Å². The van der Waals surface area contributed by atoms with Crippen LogP contribution in [0.25, 0.3) is 0 Å². The van der Waals surface area contributed by atoms with E-state index in [0.29, 0.717) is 6.61 Å². The van der Waals surface area contributed by atoms with Gasteiger partial charge < -0.3 is 9.84 Å². The zero-order valence-corrected chi connectivity index (χ0v) is 10.7. The predicted octanol–water partition coefficient (Wildman–Crippen LogP) is 3.46. The van der Waals surface area contributed by atoms with Gasteiger partial charge in [0.05, 0.1) is 6.61 Å². The van der Waals surface area contributed by atoms with Crippen molar-refractivity contribution in [1.29, 1.82) is 0 Å². The molecule has 1 rings (SSSR count). The highest BCUT2D eigenvalue weighted by Gasteiger charge is 2.01. The Hall–Kier alpha value is -0.510. The van der Waals surface area contributed by atoms with E-state index in [9.17, 15) is 0 Å². The molecular weight excluding hydrogens is 279 g/mol. The van der Waals surface area contributed by atoms with Crippen molar-refractivity contribution < 1.29 is 9.84 Å². The Morgan fingerprint density at radius 1 is 1.60 bits per heavy atom. The molecule has 0 saturated heterocycles. The lowest BCUT2D eigenvalue weighted by atomic mass is 10.2. The van der Waals surface area contributed by atoms with Crippen LogP contribution < -0.4 is 4.74 Å². The molecule has 1 aromatic rings. The molecule has 1 aromatic carbocycles. The number of halogens is 2. The van der Waals surface area contributed by atoms with Crippen LogP contribution in [0.5, 0.6) is 5.75 Å². The maximum atomic E-state index is 9.05. The molecular formula is C11H12BrClO2. The summed E-state index contributed by atoms with van der Waals surface area (Å²) in [6, 6.07) is 5.48. The number of rotatable bonds is 4. The average molecular weight is 292 g/mol. The second-order valence-corrected chi connectivity index (χ2v) is 4.23. The van der Waals surface area contributed by atoms with Crippen LogP contribution in [0.1, 0.15) is 12.5 Å². The number of benzene rings is 1. The minimum Gasteiger partial charge on any atom is -0.489 e. The smallest absolute Gasteiger partial charge is 0.120 e. The Labute approximate surface area is 103 Å². The van der Waals surface area contributed by atoms with Gasteiger partial charge >= 0.3 is 0 Å². The van der Waals surface area contributed by atoms with Gasteiger partial charge in [0.25, 0.3) is 0 Å². The largest absolute Gasteiger partial charge is 0.489 e. The number of hydrogen-bond donors (Lipinski definition) is 1.